The van der Waals surface area contributed by atoms with Gasteiger partial charge in [-0.3, -0.25) is 9.79 Å². The molecule has 1 unspecified atom stereocenters. The maximum atomic E-state index is 12.0. The largest absolute Gasteiger partial charge is 0.465 e. The van der Waals surface area contributed by atoms with Gasteiger partial charge in [-0.15, -0.1) is 6.42 Å². The number of primary amides is 1. The lowest BCUT2D eigenvalue weighted by atomic mass is 10.0. The van der Waals surface area contributed by atoms with Gasteiger partial charge in [0.25, 0.3) is 5.91 Å². The number of hydrogen-bond acceptors (Lipinski definition) is 5. The first-order chi connectivity index (χ1) is 14.5. The summed E-state index contributed by atoms with van der Waals surface area (Å²) in [5.74, 6) is 1.83. The van der Waals surface area contributed by atoms with Crippen LogP contribution in [0.2, 0.25) is 0 Å². The number of ether oxygens (including phenoxy) is 1. The van der Waals surface area contributed by atoms with Crippen LogP contribution in [0.1, 0.15) is 57.7 Å². The summed E-state index contributed by atoms with van der Waals surface area (Å²) in [7, 11) is 1.35. The normalized spacial score (nSPS) is 14.9. The highest BCUT2D eigenvalue weighted by molar-refractivity contribution is 5.99. The van der Waals surface area contributed by atoms with Crippen molar-refractivity contribution in [3.63, 3.8) is 0 Å². The number of aryl methyl sites for hydroxylation is 1. The van der Waals surface area contributed by atoms with Crippen LogP contribution in [0.25, 0.3) is 0 Å². The van der Waals surface area contributed by atoms with E-state index in [-0.39, 0.29) is 12.0 Å². The van der Waals surface area contributed by atoms with Gasteiger partial charge in [0.1, 0.15) is 0 Å². The van der Waals surface area contributed by atoms with Crippen LogP contribution in [0.5, 0.6) is 0 Å². The number of carbonyl (C=O) groups excluding carboxylic acids is 2. The smallest absolute Gasteiger partial charge is 0.337 e. The van der Waals surface area contributed by atoms with Crippen LogP contribution >= 0.6 is 0 Å². The van der Waals surface area contributed by atoms with Crippen LogP contribution in [-0.2, 0) is 11.2 Å². The average molecular weight is 403 g/mol. The molecule has 1 atom stereocenters. The minimum Gasteiger partial charge on any atom is -0.465 e. The van der Waals surface area contributed by atoms with E-state index in [1.165, 1.54) is 7.11 Å². The Morgan fingerprint density at radius 2 is 2.07 bits per heavy atom. The highest BCUT2D eigenvalue weighted by Crippen LogP contribution is 2.41. The Morgan fingerprint density at radius 1 is 1.33 bits per heavy atom. The number of rotatable bonds is 7. The molecule has 0 saturated heterocycles. The predicted molar refractivity (Wildman–Crippen MR) is 118 cm³/mol. The first kappa shape index (κ1) is 21.1. The number of amides is 1. The van der Waals surface area contributed by atoms with Crippen molar-refractivity contribution >= 4 is 29.5 Å². The summed E-state index contributed by atoms with van der Waals surface area (Å²) >= 11 is 0. The fraction of sp³-hybridized carbons (Fsp3) is 0.292. The van der Waals surface area contributed by atoms with Gasteiger partial charge in [-0.05, 0) is 66.8 Å². The molecule has 1 aliphatic carbocycles. The second-order valence-electron chi connectivity index (χ2n) is 7.08. The number of methoxy groups -OCH3 is 1. The van der Waals surface area contributed by atoms with Crippen molar-refractivity contribution in [2.45, 2.75) is 32.2 Å². The fourth-order valence-electron chi connectivity index (χ4n) is 3.83. The van der Waals surface area contributed by atoms with E-state index in [0.717, 1.165) is 36.1 Å². The second-order valence-corrected chi connectivity index (χ2v) is 7.08. The molecule has 2 aromatic carbocycles. The fourth-order valence-corrected chi connectivity index (χ4v) is 3.83. The quantitative estimate of drug-likeness (QED) is 0.433. The molecule has 2 aromatic rings. The predicted octanol–water partition coefficient (Wildman–Crippen LogP) is 3.81. The third kappa shape index (κ3) is 4.20. The lowest BCUT2D eigenvalue weighted by Crippen LogP contribution is -2.28. The van der Waals surface area contributed by atoms with E-state index in [1.807, 2.05) is 31.2 Å². The number of benzene rings is 2. The van der Waals surface area contributed by atoms with Crippen molar-refractivity contribution in [3.05, 3.63) is 58.7 Å². The Hall–Kier alpha value is -3.59. The molecule has 0 aliphatic heterocycles. The lowest BCUT2D eigenvalue weighted by Gasteiger charge is -2.30. The van der Waals surface area contributed by atoms with E-state index >= 15 is 0 Å². The summed E-state index contributed by atoms with van der Waals surface area (Å²) in [6, 6.07) is 11.0. The molecule has 0 aromatic heterocycles. The van der Waals surface area contributed by atoms with Crippen LogP contribution in [0, 0.1) is 12.3 Å². The minimum absolute atomic E-state index is 0.00216. The monoisotopic (exact) mass is 403 g/mol. The van der Waals surface area contributed by atoms with Gasteiger partial charge >= 0.3 is 5.97 Å². The second kappa shape index (κ2) is 9.27. The molecule has 154 valence electrons. The number of nitrogens with zero attached hydrogens (tertiary/aromatic N) is 2. The molecule has 2 N–H and O–H groups in total. The van der Waals surface area contributed by atoms with Gasteiger partial charge in [0.2, 0.25) is 0 Å². The number of carbonyl (C=O) groups is 2. The third-order valence-electron chi connectivity index (χ3n) is 5.24. The summed E-state index contributed by atoms with van der Waals surface area (Å²) in [5, 5.41) is 0. The molecule has 0 bridgehead atoms. The number of fused-ring (bicyclic) bond motifs is 1. The summed E-state index contributed by atoms with van der Waals surface area (Å²) < 4.78 is 4.76. The number of hydrogen-bond donors (Lipinski definition) is 1. The maximum Gasteiger partial charge on any atom is 0.337 e. The molecule has 0 saturated carbocycles. The number of esters is 1. The van der Waals surface area contributed by atoms with Crippen molar-refractivity contribution in [2.75, 3.05) is 18.6 Å². The lowest BCUT2D eigenvalue weighted by molar-refractivity contribution is 0.0600. The topological polar surface area (TPSA) is 85.0 Å². The van der Waals surface area contributed by atoms with Gasteiger partial charge in [0.15, 0.2) is 0 Å². The zero-order chi connectivity index (χ0) is 21.7. The van der Waals surface area contributed by atoms with Gasteiger partial charge in [-0.25, -0.2) is 4.79 Å². The summed E-state index contributed by atoms with van der Waals surface area (Å²) in [5.41, 5.74) is 10.2. The van der Waals surface area contributed by atoms with Crippen molar-refractivity contribution < 1.29 is 14.3 Å². The number of anilines is 1. The number of nitrogens with two attached hydrogens (primary N) is 1. The van der Waals surface area contributed by atoms with Crippen LogP contribution in [0.3, 0.4) is 0 Å². The van der Waals surface area contributed by atoms with E-state index in [1.54, 1.807) is 18.3 Å². The van der Waals surface area contributed by atoms with Crippen LogP contribution in [0.4, 0.5) is 11.4 Å². The van der Waals surface area contributed by atoms with E-state index in [2.05, 4.69) is 15.8 Å². The van der Waals surface area contributed by atoms with Crippen molar-refractivity contribution in [3.8, 4) is 12.3 Å². The first-order valence-corrected chi connectivity index (χ1v) is 9.87. The molecule has 0 fully saturated rings. The van der Waals surface area contributed by atoms with Gasteiger partial charge < -0.3 is 15.4 Å². The maximum absolute atomic E-state index is 12.0. The molecule has 6 nitrogen and oxygen atoms in total. The molecule has 0 radical (unpaired) electrons. The molecule has 3 rings (SSSR count). The Labute approximate surface area is 176 Å². The molecule has 30 heavy (non-hydrogen) atoms. The van der Waals surface area contributed by atoms with Gasteiger partial charge in [-0.1, -0.05) is 12.8 Å². The van der Waals surface area contributed by atoms with E-state index < -0.39 is 5.91 Å². The van der Waals surface area contributed by atoms with Crippen LogP contribution in [0.15, 0.2) is 41.4 Å². The van der Waals surface area contributed by atoms with Crippen molar-refractivity contribution in [1.82, 2.24) is 0 Å². The van der Waals surface area contributed by atoms with E-state index in [4.69, 9.17) is 16.9 Å². The third-order valence-corrected chi connectivity index (χ3v) is 5.24. The standard InChI is InChI=1S/C24H25N3O3/c1-4-12-26-21-14-17-8-11-22(19(17)15-20(21)23(25)28)27(13-5-2)18-9-6-16(7-10-18)24(29)30-3/h2,6-7,9-10,12,14-15,22H,4,8,11,13H2,1,3H3,(H2,25,28)/b26-12+. The highest BCUT2D eigenvalue weighted by atomic mass is 16.5. The molecular formula is C24H25N3O3. The van der Waals surface area contributed by atoms with Crippen molar-refractivity contribution in [1.29, 1.82) is 0 Å². The SMILES string of the molecule is C#CCN(c1ccc(C(=O)OC)cc1)C1CCc2cc(/N=C/CC)c(C(N)=O)cc21. The summed E-state index contributed by atoms with van der Waals surface area (Å²) in [6.45, 7) is 2.38. The minimum atomic E-state index is -0.502. The van der Waals surface area contributed by atoms with Crippen LogP contribution < -0.4 is 10.6 Å². The van der Waals surface area contributed by atoms with E-state index in [9.17, 15) is 9.59 Å². The zero-order valence-corrected chi connectivity index (χ0v) is 17.2. The molecule has 1 aliphatic rings. The molecular weight excluding hydrogens is 378 g/mol. The Kier molecular flexibility index (Phi) is 6.53. The Bertz CT molecular complexity index is 1020. The Balaban J connectivity index is 2.00. The van der Waals surface area contributed by atoms with Crippen LogP contribution in [-0.4, -0.2) is 31.7 Å². The molecule has 6 heteroatoms. The Morgan fingerprint density at radius 3 is 2.67 bits per heavy atom. The summed E-state index contributed by atoms with van der Waals surface area (Å²) in [6.07, 6.45) is 9.91. The van der Waals surface area contributed by atoms with Crippen molar-refractivity contribution in [2.24, 2.45) is 10.7 Å². The molecule has 1 amide bonds. The molecule has 0 heterocycles. The van der Waals surface area contributed by atoms with Gasteiger partial charge in [0.05, 0.1) is 36.5 Å². The number of aliphatic imine (C=N–C) groups is 1. The molecule has 0 spiro atoms. The van der Waals surface area contributed by atoms with Gasteiger partial charge in [-0.2, -0.15) is 0 Å². The van der Waals surface area contributed by atoms with Gasteiger partial charge in [0, 0.05) is 11.9 Å². The average Bonchev–Trinajstić information content (AvgIpc) is 3.17. The summed E-state index contributed by atoms with van der Waals surface area (Å²) in [4.78, 5) is 30.3. The zero-order valence-electron chi connectivity index (χ0n) is 17.2. The highest BCUT2D eigenvalue weighted by Gasteiger charge is 2.30. The van der Waals surface area contributed by atoms with E-state index in [0.29, 0.717) is 23.4 Å². The first-order valence-electron chi connectivity index (χ1n) is 9.87. The number of terminal acetylenes is 1.